The van der Waals surface area contributed by atoms with Crippen LogP contribution < -0.4 is 5.56 Å². The van der Waals surface area contributed by atoms with Gasteiger partial charge in [0.1, 0.15) is 5.52 Å². The molecule has 1 aliphatic heterocycles. The van der Waals surface area contributed by atoms with E-state index in [1.165, 1.54) is 15.8 Å². The highest BCUT2D eigenvalue weighted by Crippen LogP contribution is 2.33. The third-order valence-corrected chi connectivity index (χ3v) is 5.29. The first-order valence-corrected chi connectivity index (χ1v) is 9.32. The Labute approximate surface area is 157 Å². The summed E-state index contributed by atoms with van der Waals surface area (Å²) in [5, 5.41) is 8.59. The molecule has 27 heavy (non-hydrogen) atoms. The van der Waals surface area contributed by atoms with E-state index in [1.807, 2.05) is 23.1 Å². The van der Waals surface area contributed by atoms with Crippen molar-refractivity contribution in [1.82, 2.24) is 19.9 Å². The first-order chi connectivity index (χ1) is 13.1. The monoisotopic (exact) mass is 362 g/mol. The average molecular weight is 362 g/mol. The van der Waals surface area contributed by atoms with Crippen molar-refractivity contribution < 1.29 is 4.79 Å². The molecule has 6 heteroatoms. The largest absolute Gasteiger partial charge is 0.336 e. The van der Waals surface area contributed by atoms with E-state index >= 15 is 0 Å². The summed E-state index contributed by atoms with van der Waals surface area (Å²) in [4.78, 5) is 27.3. The molecular weight excluding hydrogens is 340 g/mol. The second-order valence-electron chi connectivity index (χ2n) is 6.99. The predicted molar refractivity (Wildman–Crippen MR) is 103 cm³/mol. The second-order valence-corrected chi connectivity index (χ2v) is 6.99. The van der Waals surface area contributed by atoms with Crippen LogP contribution >= 0.6 is 0 Å². The highest BCUT2D eigenvalue weighted by Gasteiger charge is 2.30. The molecule has 1 atom stereocenters. The van der Waals surface area contributed by atoms with Gasteiger partial charge in [0.05, 0.1) is 18.0 Å². The third kappa shape index (κ3) is 3.35. The van der Waals surface area contributed by atoms with E-state index < -0.39 is 0 Å². The first-order valence-electron chi connectivity index (χ1n) is 9.32. The number of nitrogens with zero attached hydrogens (tertiary/aromatic N) is 4. The quantitative estimate of drug-likeness (QED) is 0.716. The molecule has 6 nitrogen and oxygen atoms in total. The molecule has 4 rings (SSSR count). The van der Waals surface area contributed by atoms with E-state index in [2.05, 4.69) is 29.4 Å². The second kappa shape index (κ2) is 7.31. The number of carbonyl (C=O) groups excluding carboxylic acids is 1. The smallest absolute Gasteiger partial charge is 0.277 e. The molecule has 1 saturated heterocycles. The number of hydrogen-bond donors (Lipinski definition) is 0. The van der Waals surface area contributed by atoms with Gasteiger partial charge in [0.25, 0.3) is 5.56 Å². The van der Waals surface area contributed by atoms with Gasteiger partial charge in [-0.2, -0.15) is 0 Å². The first kappa shape index (κ1) is 17.4. The Kier molecular flexibility index (Phi) is 4.71. The highest BCUT2D eigenvalue weighted by molar-refractivity contribution is 5.78. The van der Waals surface area contributed by atoms with Crippen molar-refractivity contribution in [3.05, 3.63) is 70.0 Å². The lowest BCUT2D eigenvalue weighted by atomic mass is 9.99. The number of likely N-dealkylation sites (tertiary alicyclic amines) is 1. The van der Waals surface area contributed by atoms with Crippen molar-refractivity contribution in [2.24, 2.45) is 0 Å². The lowest BCUT2D eigenvalue weighted by Crippen LogP contribution is -2.33. The van der Waals surface area contributed by atoms with Crippen molar-refractivity contribution in [2.75, 3.05) is 6.54 Å². The zero-order chi connectivity index (χ0) is 18.8. The summed E-state index contributed by atoms with van der Waals surface area (Å²) in [6, 6.07) is 15.5. The minimum Gasteiger partial charge on any atom is -0.336 e. The molecule has 2 aromatic carbocycles. The lowest BCUT2D eigenvalue weighted by Gasteiger charge is -2.26. The van der Waals surface area contributed by atoms with E-state index in [0.717, 1.165) is 19.4 Å². The Balaban J connectivity index is 1.50. The lowest BCUT2D eigenvalue weighted by molar-refractivity contribution is -0.132. The number of carbonyl (C=O) groups is 1. The molecule has 138 valence electrons. The maximum atomic E-state index is 12.9. The Hall–Kier alpha value is -3.02. The van der Waals surface area contributed by atoms with E-state index in [-0.39, 0.29) is 30.5 Å². The molecule has 1 fully saturated rings. The Morgan fingerprint density at radius 1 is 1.15 bits per heavy atom. The van der Waals surface area contributed by atoms with Crippen LogP contribution in [-0.4, -0.2) is 32.3 Å². The van der Waals surface area contributed by atoms with Crippen molar-refractivity contribution in [1.29, 1.82) is 0 Å². The van der Waals surface area contributed by atoms with Crippen molar-refractivity contribution in [3.8, 4) is 0 Å². The van der Waals surface area contributed by atoms with E-state index in [4.69, 9.17) is 0 Å². The van der Waals surface area contributed by atoms with Crippen LogP contribution in [0.1, 0.15) is 36.4 Å². The molecule has 0 spiro atoms. The average Bonchev–Trinajstić information content (AvgIpc) is 3.17. The third-order valence-electron chi connectivity index (χ3n) is 5.29. The van der Waals surface area contributed by atoms with E-state index in [1.54, 1.807) is 18.2 Å². The molecule has 1 aromatic heterocycles. The molecule has 1 aliphatic rings. The highest BCUT2D eigenvalue weighted by atomic mass is 16.2. The minimum atomic E-state index is -0.203. The summed E-state index contributed by atoms with van der Waals surface area (Å²) in [6.07, 6.45) is 2.22. The van der Waals surface area contributed by atoms with Crippen LogP contribution in [0.4, 0.5) is 0 Å². The standard InChI is InChI=1S/C21H22N4O2/c1-15-7-2-3-8-16(15)19-11-6-13-24(19)20(26)12-14-25-21(27)17-9-4-5-10-18(17)22-23-25/h2-5,7-10,19H,6,11-14H2,1H3. The van der Waals surface area contributed by atoms with Crippen molar-refractivity contribution >= 4 is 16.8 Å². The molecule has 1 unspecified atom stereocenters. The van der Waals surface area contributed by atoms with E-state index in [9.17, 15) is 9.59 Å². The summed E-state index contributed by atoms with van der Waals surface area (Å²) >= 11 is 0. The van der Waals surface area contributed by atoms with Gasteiger partial charge < -0.3 is 4.90 Å². The normalized spacial score (nSPS) is 16.8. The molecule has 3 aromatic rings. The molecule has 0 saturated carbocycles. The van der Waals surface area contributed by atoms with Gasteiger partial charge >= 0.3 is 0 Å². The van der Waals surface area contributed by atoms with E-state index in [0.29, 0.717) is 10.9 Å². The fourth-order valence-corrected chi connectivity index (χ4v) is 3.86. The topological polar surface area (TPSA) is 68.1 Å². The van der Waals surface area contributed by atoms with Crippen LogP contribution in [0.5, 0.6) is 0 Å². The van der Waals surface area contributed by atoms with Crippen LogP contribution in [0.15, 0.2) is 53.3 Å². The number of rotatable bonds is 4. The van der Waals surface area contributed by atoms with Gasteiger partial charge in [-0.3, -0.25) is 9.59 Å². The molecule has 0 N–H and O–H groups in total. The number of hydrogen-bond acceptors (Lipinski definition) is 4. The van der Waals surface area contributed by atoms with Gasteiger partial charge in [-0.05, 0) is 43.0 Å². The Morgan fingerprint density at radius 3 is 2.78 bits per heavy atom. The molecule has 2 heterocycles. The summed E-state index contributed by atoms with van der Waals surface area (Å²) in [7, 11) is 0. The molecule has 0 aliphatic carbocycles. The number of fused-ring (bicyclic) bond motifs is 1. The summed E-state index contributed by atoms with van der Waals surface area (Å²) in [5.41, 5.74) is 2.79. The number of aromatic nitrogens is 3. The van der Waals surface area contributed by atoms with Crippen molar-refractivity contribution in [2.45, 2.75) is 38.8 Å². The molecule has 0 radical (unpaired) electrons. The van der Waals surface area contributed by atoms with Crippen LogP contribution in [0.3, 0.4) is 0 Å². The SMILES string of the molecule is Cc1ccccc1C1CCCN1C(=O)CCn1nnc2ccccc2c1=O. The Morgan fingerprint density at radius 2 is 1.93 bits per heavy atom. The van der Waals surface area contributed by atoms with Gasteiger partial charge in [-0.1, -0.05) is 41.6 Å². The zero-order valence-corrected chi connectivity index (χ0v) is 15.3. The fraction of sp³-hybridized carbons (Fsp3) is 0.333. The molecular formula is C21H22N4O2. The summed E-state index contributed by atoms with van der Waals surface area (Å²) in [5.74, 6) is 0.0580. The van der Waals surface area contributed by atoms with Gasteiger partial charge in [0.2, 0.25) is 5.91 Å². The summed E-state index contributed by atoms with van der Waals surface area (Å²) in [6.45, 7) is 3.09. The maximum absolute atomic E-state index is 12.9. The number of aryl methyl sites for hydroxylation is 2. The predicted octanol–water partition coefficient (Wildman–Crippen LogP) is 2.85. The van der Waals surface area contributed by atoms with Gasteiger partial charge in [0, 0.05) is 13.0 Å². The van der Waals surface area contributed by atoms with Gasteiger partial charge in [0.15, 0.2) is 0 Å². The molecule has 0 bridgehead atoms. The maximum Gasteiger partial charge on any atom is 0.277 e. The fourth-order valence-electron chi connectivity index (χ4n) is 3.86. The summed E-state index contributed by atoms with van der Waals surface area (Å²) < 4.78 is 1.29. The van der Waals surface area contributed by atoms with Crippen LogP contribution in [-0.2, 0) is 11.3 Å². The Bertz CT molecular complexity index is 1040. The van der Waals surface area contributed by atoms with Crippen LogP contribution in [0.25, 0.3) is 10.9 Å². The van der Waals surface area contributed by atoms with Gasteiger partial charge in [-0.25, -0.2) is 4.68 Å². The minimum absolute atomic E-state index is 0.0580. The molecule has 1 amide bonds. The number of benzene rings is 2. The van der Waals surface area contributed by atoms with Crippen molar-refractivity contribution in [3.63, 3.8) is 0 Å². The zero-order valence-electron chi connectivity index (χ0n) is 15.3. The number of amides is 1. The van der Waals surface area contributed by atoms with Crippen LogP contribution in [0.2, 0.25) is 0 Å². The van der Waals surface area contributed by atoms with Crippen LogP contribution in [0, 0.1) is 6.92 Å². The van der Waals surface area contributed by atoms with Gasteiger partial charge in [-0.15, -0.1) is 5.10 Å².